The van der Waals surface area contributed by atoms with Gasteiger partial charge in [0.15, 0.2) is 5.82 Å². The smallest absolute Gasteiger partial charge is 0.224 e. The summed E-state index contributed by atoms with van der Waals surface area (Å²) in [6, 6.07) is 9.69. The molecule has 0 saturated carbocycles. The van der Waals surface area contributed by atoms with E-state index in [2.05, 4.69) is 15.0 Å². The van der Waals surface area contributed by atoms with Gasteiger partial charge in [-0.1, -0.05) is 30.3 Å². The number of benzene rings is 1. The van der Waals surface area contributed by atoms with E-state index in [4.69, 9.17) is 17.3 Å². The summed E-state index contributed by atoms with van der Waals surface area (Å²) in [7, 11) is 0. The highest BCUT2D eigenvalue weighted by Gasteiger charge is 1.99. The molecule has 1 aromatic carbocycles. The second-order valence-electron chi connectivity index (χ2n) is 3.08. The second-order valence-corrected chi connectivity index (χ2v) is 3.42. The van der Waals surface area contributed by atoms with Crippen molar-refractivity contribution in [3.05, 3.63) is 47.4 Å². The number of nitrogens with two attached hydrogens (primary N) is 1. The minimum absolute atomic E-state index is 0.121. The number of hydrogen-bond donors (Lipinski definition) is 1. The predicted octanol–water partition coefficient (Wildman–Crippen LogP) is 2.46. The summed E-state index contributed by atoms with van der Waals surface area (Å²) in [6.07, 6.45) is 3.19. The van der Waals surface area contributed by atoms with Gasteiger partial charge in [-0.25, -0.2) is 4.98 Å². The molecule has 0 fully saturated rings. The van der Waals surface area contributed by atoms with Crippen LogP contribution in [0.25, 0.3) is 0 Å². The Labute approximate surface area is 97.8 Å². The van der Waals surface area contributed by atoms with Gasteiger partial charge in [0.25, 0.3) is 0 Å². The Bertz CT molecular complexity index is 511. The van der Waals surface area contributed by atoms with Crippen molar-refractivity contribution in [1.29, 1.82) is 0 Å². The third-order valence-electron chi connectivity index (χ3n) is 1.92. The number of halogens is 1. The summed E-state index contributed by atoms with van der Waals surface area (Å²) in [4.78, 5) is 11.8. The van der Waals surface area contributed by atoms with Gasteiger partial charge >= 0.3 is 0 Å². The predicted molar refractivity (Wildman–Crippen MR) is 65.2 cm³/mol. The summed E-state index contributed by atoms with van der Waals surface area (Å²) >= 11 is 5.58. The van der Waals surface area contributed by atoms with Crippen molar-refractivity contribution in [1.82, 2.24) is 9.97 Å². The van der Waals surface area contributed by atoms with Gasteiger partial charge in [0.1, 0.15) is 5.69 Å². The van der Waals surface area contributed by atoms with Gasteiger partial charge in [0.2, 0.25) is 5.28 Å². The highest BCUT2D eigenvalue weighted by atomic mass is 35.5. The molecule has 0 atom stereocenters. The zero-order valence-corrected chi connectivity index (χ0v) is 9.09. The molecule has 16 heavy (non-hydrogen) atoms. The Morgan fingerprint density at radius 2 is 2.00 bits per heavy atom. The first kappa shape index (κ1) is 10.6. The molecule has 0 aliphatic heterocycles. The fourth-order valence-electron chi connectivity index (χ4n) is 1.15. The molecular formula is C11H9ClN4. The van der Waals surface area contributed by atoms with Crippen molar-refractivity contribution in [2.24, 2.45) is 4.99 Å². The largest absolute Gasteiger partial charge is 0.382 e. The van der Waals surface area contributed by atoms with E-state index in [-0.39, 0.29) is 11.1 Å². The van der Waals surface area contributed by atoms with E-state index >= 15 is 0 Å². The van der Waals surface area contributed by atoms with Gasteiger partial charge in [-0.05, 0) is 17.2 Å². The number of hydrogen-bond acceptors (Lipinski definition) is 4. The lowest BCUT2D eigenvalue weighted by atomic mass is 10.2. The summed E-state index contributed by atoms with van der Waals surface area (Å²) in [6.45, 7) is 0. The van der Waals surface area contributed by atoms with E-state index in [0.717, 1.165) is 5.56 Å². The van der Waals surface area contributed by atoms with Crippen molar-refractivity contribution < 1.29 is 0 Å². The molecule has 5 heteroatoms. The average Bonchev–Trinajstić information content (AvgIpc) is 2.29. The molecule has 2 aromatic rings. The third-order valence-corrected chi connectivity index (χ3v) is 2.10. The van der Waals surface area contributed by atoms with Crippen LogP contribution in [0.2, 0.25) is 5.28 Å². The molecule has 2 N–H and O–H groups in total. The quantitative estimate of drug-likeness (QED) is 0.639. The van der Waals surface area contributed by atoms with Crippen LogP contribution in [-0.2, 0) is 0 Å². The molecule has 0 bridgehead atoms. The molecule has 80 valence electrons. The zero-order chi connectivity index (χ0) is 11.4. The Morgan fingerprint density at radius 3 is 2.69 bits per heavy atom. The normalized spacial score (nSPS) is 10.8. The molecule has 0 radical (unpaired) electrons. The summed E-state index contributed by atoms with van der Waals surface area (Å²) in [5.41, 5.74) is 7.13. The van der Waals surface area contributed by atoms with Gasteiger partial charge in [0.05, 0.1) is 6.20 Å². The monoisotopic (exact) mass is 232 g/mol. The lowest BCUT2D eigenvalue weighted by molar-refractivity contribution is 1.17. The van der Waals surface area contributed by atoms with Crippen LogP contribution in [-0.4, -0.2) is 16.2 Å². The van der Waals surface area contributed by atoms with Crippen LogP contribution in [0, 0.1) is 0 Å². The van der Waals surface area contributed by atoms with Crippen LogP contribution in [0.3, 0.4) is 0 Å². The molecule has 2 rings (SSSR count). The fourth-order valence-corrected chi connectivity index (χ4v) is 1.29. The first-order chi connectivity index (χ1) is 7.75. The Kier molecular flexibility index (Phi) is 3.12. The highest BCUT2D eigenvalue weighted by molar-refractivity contribution is 6.28. The molecule has 0 spiro atoms. The molecule has 0 saturated heterocycles. The maximum Gasteiger partial charge on any atom is 0.224 e. The number of aliphatic imine (C=N–C) groups is 1. The first-order valence-corrected chi connectivity index (χ1v) is 5.00. The van der Waals surface area contributed by atoms with Crippen LogP contribution in [0.5, 0.6) is 0 Å². The average molecular weight is 233 g/mol. The number of anilines is 1. The van der Waals surface area contributed by atoms with Crippen molar-refractivity contribution in [2.75, 3.05) is 5.73 Å². The second kappa shape index (κ2) is 4.72. The number of rotatable bonds is 2. The molecule has 1 heterocycles. The lowest BCUT2D eigenvalue weighted by Crippen LogP contribution is -1.92. The highest BCUT2D eigenvalue weighted by Crippen LogP contribution is 2.19. The third kappa shape index (κ3) is 2.55. The van der Waals surface area contributed by atoms with Gasteiger partial charge in [-0.3, -0.25) is 4.99 Å². The van der Waals surface area contributed by atoms with Gasteiger partial charge < -0.3 is 5.73 Å². The molecule has 0 unspecified atom stereocenters. The van der Waals surface area contributed by atoms with E-state index in [1.807, 2.05) is 30.3 Å². The molecule has 1 aromatic heterocycles. The Hall–Kier alpha value is -1.94. The van der Waals surface area contributed by atoms with Crippen LogP contribution >= 0.6 is 11.6 Å². The van der Waals surface area contributed by atoms with E-state index in [0.29, 0.717) is 5.69 Å². The fraction of sp³-hybridized carbons (Fsp3) is 0. The maximum absolute atomic E-state index is 5.64. The van der Waals surface area contributed by atoms with E-state index in [9.17, 15) is 0 Å². The molecule has 0 amide bonds. The van der Waals surface area contributed by atoms with Gasteiger partial charge in [-0.15, -0.1) is 0 Å². The summed E-state index contributed by atoms with van der Waals surface area (Å²) in [5, 5.41) is 0.121. The molecule has 4 nitrogen and oxygen atoms in total. The van der Waals surface area contributed by atoms with E-state index in [1.54, 1.807) is 6.21 Å². The maximum atomic E-state index is 5.64. The lowest BCUT2D eigenvalue weighted by Gasteiger charge is -1.98. The SMILES string of the molecule is Nc1nc(Cl)ncc1N=Cc1ccccc1. The van der Waals surface area contributed by atoms with Crippen LogP contribution < -0.4 is 5.73 Å². The number of nitrogen functional groups attached to an aromatic ring is 1. The number of nitrogens with zero attached hydrogens (tertiary/aromatic N) is 3. The summed E-state index contributed by atoms with van der Waals surface area (Å²) < 4.78 is 0. The topological polar surface area (TPSA) is 64.2 Å². The van der Waals surface area contributed by atoms with Crippen molar-refractivity contribution >= 4 is 29.3 Å². The molecular weight excluding hydrogens is 224 g/mol. The van der Waals surface area contributed by atoms with Crippen molar-refractivity contribution in [3.63, 3.8) is 0 Å². The van der Waals surface area contributed by atoms with E-state index in [1.165, 1.54) is 6.20 Å². The van der Waals surface area contributed by atoms with Gasteiger partial charge in [0, 0.05) is 6.21 Å². The standard InChI is InChI=1S/C11H9ClN4/c12-11-15-7-9(10(13)16-11)14-6-8-4-2-1-3-5-8/h1-7H,(H2,13,15,16). The van der Waals surface area contributed by atoms with Crippen LogP contribution in [0.4, 0.5) is 11.5 Å². The minimum atomic E-state index is 0.121. The van der Waals surface area contributed by atoms with Crippen molar-refractivity contribution in [2.45, 2.75) is 0 Å². The van der Waals surface area contributed by atoms with Crippen molar-refractivity contribution in [3.8, 4) is 0 Å². The zero-order valence-electron chi connectivity index (χ0n) is 8.34. The Balaban J connectivity index is 2.24. The molecule has 0 aliphatic rings. The van der Waals surface area contributed by atoms with Gasteiger partial charge in [-0.2, -0.15) is 4.98 Å². The Morgan fingerprint density at radius 1 is 1.25 bits per heavy atom. The first-order valence-electron chi connectivity index (χ1n) is 4.63. The van der Waals surface area contributed by atoms with Crippen LogP contribution in [0.1, 0.15) is 5.56 Å². The van der Waals surface area contributed by atoms with E-state index < -0.39 is 0 Å². The summed E-state index contributed by atoms with van der Waals surface area (Å²) in [5.74, 6) is 0.271. The van der Waals surface area contributed by atoms with Crippen LogP contribution in [0.15, 0.2) is 41.5 Å². The minimum Gasteiger partial charge on any atom is -0.382 e. The number of aromatic nitrogens is 2. The molecule has 0 aliphatic carbocycles.